The predicted octanol–water partition coefficient (Wildman–Crippen LogP) is 0.826. The topological polar surface area (TPSA) is 67.2 Å². The summed E-state index contributed by atoms with van der Waals surface area (Å²) in [5.41, 5.74) is 6.21. The van der Waals surface area contributed by atoms with Gasteiger partial charge in [-0.2, -0.15) is 0 Å². The van der Waals surface area contributed by atoms with Crippen LogP contribution in [-0.4, -0.2) is 12.5 Å². The third-order valence-corrected chi connectivity index (χ3v) is 1.61. The third-order valence-electron chi connectivity index (χ3n) is 1.61. The number of hydrogen-bond donors (Lipinski definition) is 3. The van der Waals surface area contributed by atoms with Crippen LogP contribution in [0.5, 0.6) is 0 Å². The van der Waals surface area contributed by atoms with E-state index in [1.165, 1.54) is 0 Å². The Morgan fingerprint density at radius 3 is 2.57 bits per heavy atom. The molecular formula is C10H19N3O. The fourth-order valence-electron chi connectivity index (χ4n) is 0.921. The van der Waals surface area contributed by atoms with Crippen LogP contribution in [0.1, 0.15) is 26.7 Å². The molecule has 0 aliphatic heterocycles. The Bertz CT molecular complexity index is 234. The van der Waals surface area contributed by atoms with Gasteiger partial charge < -0.3 is 16.4 Å². The molecule has 0 aliphatic rings. The predicted molar refractivity (Wildman–Crippen MR) is 58.1 cm³/mol. The zero-order valence-electron chi connectivity index (χ0n) is 8.89. The van der Waals surface area contributed by atoms with E-state index in [1.807, 2.05) is 13.1 Å². The summed E-state index contributed by atoms with van der Waals surface area (Å²) in [4.78, 5) is 10.7. The van der Waals surface area contributed by atoms with Crippen LogP contribution in [0.3, 0.4) is 0 Å². The molecule has 14 heavy (non-hydrogen) atoms. The molecule has 0 saturated carbocycles. The lowest BCUT2D eigenvalue weighted by molar-refractivity contribution is -0.114. The van der Waals surface area contributed by atoms with E-state index in [-0.39, 0.29) is 5.70 Å². The van der Waals surface area contributed by atoms with Crippen LogP contribution < -0.4 is 16.4 Å². The molecule has 0 bridgehead atoms. The Kier molecular flexibility index (Phi) is 6.28. The quantitative estimate of drug-likeness (QED) is 0.529. The summed E-state index contributed by atoms with van der Waals surface area (Å²) in [5, 5.41) is 5.94. The Morgan fingerprint density at radius 1 is 1.50 bits per heavy atom. The summed E-state index contributed by atoms with van der Waals surface area (Å²) < 4.78 is 0. The van der Waals surface area contributed by atoms with E-state index in [1.54, 1.807) is 0 Å². The van der Waals surface area contributed by atoms with E-state index < -0.39 is 5.91 Å². The molecular weight excluding hydrogens is 178 g/mol. The molecule has 1 amide bonds. The Balaban J connectivity index is 4.21. The molecule has 0 spiro atoms. The molecule has 0 fully saturated rings. The van der Waals surface area contributed by atoms with Crippen LogP contribution in [0.15, 0.2) is 24.2 Å². The van der Waals surface area contributed by atoms with Crippen molar-refractivity contribution in [3.05, 3.63) is 24.2 Å². The number of nitrogens with two attached hydrogens (primary N) is 1. The minimum absolute atomic E-state index is 0.225. The van der Waals surface area contributed by atoms with Crippen molar-refractivity contribution in [2.24, 2.45) is 5.73 Å². The van der Waals surface area contributed by atoms with Crippen molar-refractivity contribution >= 4 is 5.91 Å². The zero-order chi connectivity index (χ0) is 11.0. The highest BCUT2D eigenvalue weighted by molar-refractivity contribution is 5.90. The van der Waals surface area contributed by atoms with Gasteiger partial charge in [0, 0.05) is 18.4 Å². The molecule has 4 heteroatoms. The number of carbonyl (C=O) groups excluding carboxylic acids is 1. The average Bonchev–Trinajstić information content (AvgIpc) is 2.14. The highest BCUT2D eigenvalue weighted by Gasteiger charge is 2.02. The van der Waals surface area contributed by atoms with Gasteiger partial charge in [0.15, 0.2) is 0 Å². The van der Waals surface area contributed by atoms with Crippen LogP contribution in [0.4, 0.5) is 0 Å². The van der Waals surface area contributed by atoms with Crippen molar-refractivity contribution in [2.45, 2.75) is 26.7 Å². The largest absolute Gasteiger partial charge is 0.390 e. The summed E-state index contributed by atoms with van der Waals surface area (Å²) >= 11 is 0. The molecule has 0 aromatic carbocycles. The molecule has 80 valence electrons. The number of nitrogens with one attached hydrogen (secondary N) is 2. The number of primary amides is 1. The molecule has 0 saturated heterocycles. The average molecular weight is 197 g/mol. The van der Waals surface area contributed by atoms with E-state index in [4.69, 9.17) is 5.73 Å². The van der Waals surface area contributed by atoms with E-state index in [2.05, 4.69) is 24.1 Å². The van der Waals surface area contributed by atoms with Crippen molar-refractivity contribution in [3.8, 4) is 0 Å². The summed E-state index contributed by atoms with van der Waals surface area (Å²) in [6.45, 7) is 8.44. The van der Waals surface area contributed by atoms with Gasteiger partial charge in [0.1, 0.15) is 0 Å². The van der Waals surface area contributed by atoms with Crippen LogP contribution in [-0.2, 0) is 4.79 Å². The van der Waals surface area contributed by atoms with Gasteiger partial charge in [-0.05, 0) is 13.3 Å². The van der Waals surface area contributed by atoms with Crippen molar-refractivity contribution in [1.29, 1.82) is 0 Å². The van der Waals surface area contributed by atoms with Crippen LogP contribution in [0.25, 0.3) is 0 Å². The van der Waals surface area contributed by atoms with Crippen molar-refractivity contribution in [2.75, 3.05) is 6.54 Å². The molecule has 0 radical (unpaired) electrons. The van der Waals surface area contributed by atoms with E-state index >= 15 is 0 Å². The first-order chi connectivity index (χ1) is 6.61. The van der Waals surface area contributed by atoms with Crippen molar-refractivity contribution < 1.29 is 4.79 Å². The van der Waals surface area contributed by atoms with Crippen molar-refractivity contribution in [1.82, 2.24) is 10.6 Å². The van der Waals surface area contributed by atoms with Crippen molar-refractivity contribution in [3.63, 3.8) is 0 Å². The number of rotatable bonds is 7. The smallest absolute Gasteiger partial charge is 0.264 e. The second-order valence-electron chi connectivity index (χ2n) is 2.95. The van der Waals surface area contributed by atoms with Crippen LogP contribution >= 0.6 is 0 Å². The number of amides is 1. The molecule has 0 atom stereocenters. The molecule has 0 heterocycles. The molecule has 0 aliphatic carbocycles. The van der Waals surface area contributed by atoms with Crippen LogP contribution in [0, 0.1) is 0 Å². The fraction of sp³-hybridized carbons (Fsp3) is 0.500. The first-order valence-electron chi connectivity index (χ1n) is 4.80. The Labute approximate surface area is 85.2 Å². The molecule has 0 aromatic rings. The maximum Gasteiger partial charge on any atom is 0.264 e. The first-order valence-corrected chi connectivity index (χ1v) is 4.80. The maximum atomic E-state index is 10.7. The highest BCUT2D eigenvalue weighted by Crippen LogP contribution is 2.01. The molecule has 4 nitrogen and oxygen atoms in total. The Hall–Kier alpha value is -1.45. The van der Waals surface area contributed by atoms with Gasteiger partial charge in [0.05, 0.1) is 5.70 Å². The van der Waals surface area contributed by atoms with Crippen LogP contribution in [0.2, 0.25) is 0 Å². The molecule has 0 unspecified atom stereocenters. The fourth-order valence-corrected chi connectivity index (χ4v) is 0.921. The van der Waals surface area contributed by atoms with Gasteiger partial charge in [-0.3, -0.25) is 4.79 Å². The van der Waals surface area contributed by atoms with Gasteiger partial charge in [-0.15, -0.1) is 0 Å². The second-order valence-corrected chi connectivity index (χ2v) is 2.95. The van der Waals surface area contributed by atoms with E-state index in [9.17, 15) is 4.79 Å². The minimum atomic E-state index is -0.525. The number of allylic oxidation sites excluding steroid dienone is 1. The van der Waals surface area contributed by atoms with Gasteiger partial charge in [-0.25, -0.2) is 0 Å². The number of carbonyl (C=O) groups is 1. The maximum absolute atomic E-state index is 10.7. The van der Waals surface area contributed by atoms with E-state index in [0.717, 1.165) is 25.1 Å². The van der Waals surface area contributed by atoms with Gasteiger partial charge in [0.25, 0.3) is 5.91 Å². The van der Waals surface area contributed by atoms with E-state index in [0.29, 0.717) is 0 Å². The molecule has 0 aromatic heterocycles. The molecule has 4 N–H and O–H groups in total. The van der Waals surface area contributed by atoms with Gasteiger partial charge in [0.2, 0.25) is 0 Å². The second kappa shape index (κ2) is 7.00. The SMILES string of the molecule is C=C(N/C(=C/NCC)CCC)C(N)=O. The standard InChI is InChI=1S/C10H19N3O/c1-4-6-9(7-12-5-2)13-8(3)10(11)14/h7,12-13H,3-6H2,1-2H3,(H2,11,14)/b9-7+. The lowest BCUT2D eigenvalue weighted by atomic mass is 10.2. The monoisotopic (exact) mass is 197 g/mol. The van der Waals surface area contributed by atoms with Gasteiger partial charge >= 0.3 is 0 Å². The zero-order valence-corrected chi connectivity index (χ0v) is 8.89. The minimum Gasteiger partial charge on any atom is -0.390 e. The summed E-state index contributed by atoms with van der Waals surface area (Å²) in [7, 11) is 0. The summed E-state index contributed by atoms with van der Waals surface area (Å²) in [5.74, 6) is -0.525. The third kappa shape index (κ3) is 5.24. The number of hydrogen-bond acceptors (Lipinski definition) is 3. The normalized spacial score (nSPS) is 10.9. The Morgan fingerprint density at radius 2 is 2.14 bits per heavy atom. The highest BCUT2D eigenvalue weighted by atomic mass is 16.1. The summed E-state index contributed by atoms with van der Waals surface area (Å²) in [6, 6.07) is 0. The lowest BCUT2D eigenvalue weighted by Crippen LogP contribution is -2.26. The first kappa shape index (κ1) is 12.6. The summed E-state index contributed by atoms with van der Waals surface area (Å²) in [6.07, 6.45) is 3.70. The van der Waals surface area contributed by atoms with Gasteiger partial charge in [-0.1, -0.05) is 19.9 Å². The molecule has 0 rings (SSSR count). The lowest BCUT2D eigenvalue weighted by Gasteiger charge is -2.10.